The Kier molecular flexibility index (Phi) is 5.36. The molecular formula is C17H12ClN3O2S. The van der Waals surface area contributed by atoms with Gasteiger partial charge in [-0.3, -0.25) is 0 Å². The van der Waals surface area contributed by atoms with Crippen molar-refractivity contribution in [3.05, 3.63) is 70.6 Å². The van der Waals surface area contributed by atoms with Crippen LogP contribution in [0.3, 0.4) is 0 Å². The fourth-order valence-electron chi connectivity index (χ4n) is 1.91. The fraction of sp³-hybridized carbons (Fsp3) is 0.118. The molecule has 0 aliphatic heterocycles. The smallest absolute Gasteiger partial charge is 0.277 e. The van der Waals surface area contributed by atoms with Crippen LogP contribution in [0, 0.1) is 11.3 Å². The summed E-state index contributed by atoms with van der Waals surface area (Å²) in [7, 11) is 0. The van der Waals surface area contributed by atoms with Crippen LogP contribution in [0.15, 0.2) is 58.2 Å². The van der Waals surface area contributed by atoms with Gasteiger partial charge >= 0.3 is 0 Å². The maximum Gasteiger partial charge on any atom is 0.277 e. The van der Waals surface area contributed by atoms with Crippen LogP contribution in [0.4, 0.5) is 0 Å². The van der Waals surface area contributed by atoms with E-state index >= 15 is 0 Å². The van der Waals surface area contributed by atoms with Crippen LogP contribution in [-0.4, -0.2) is 10.2 Å². The number of benzene rings is 2. The Hall–Kier alpha value is -2.49. The molecule has 0 radical (unpaired) electrons. The minimum Gasteiger partial charge on any atom is -0.484 e. The van der Waals surface area contributed by atoms with Crippen molar-refractivity contribution in [2.75, 3.05) is 0 Å². The topological polar surface area (TPSA) is 71.9 Å². The van der Waals surface area contributed by atoms with Gasteiger partial charge in [-0.2, -0.15) is 5.26 Å². The summed E-state index contributed by atoms with van der Waals surface area (Å²) in [6.07, 6.45) is 0. The Morgan fingerprint density at radius 3 is 2.79 bits per heavy atom. The molecule has 0 saturated carbocycles. The van der Waals surface area contributed by atoms with Crippen molar-refractivity contribution < 1.29 is 9.15 Å². The van der Waals surface area contributed by atoms with Crippen LogP contribution in [0.1, 0.15) is 17.0 Å². The Morgan fingerprint density at radius 1 is 1.17 bits per heavy atom. The second-order valence-corrected chi connectivity index (χ2v) is 6.17. The highest BCUT2D eigenvalue weighted by atomic mass is 35.5. The SMILES string of the molecule is N#Cc1cccc(CSc2nnc(COc3ccc(Cl)cc3)o2)c1. The lowest BCUT2D eigenvalue weighted by Gasteiger charge is -2.02. The first-order chi connectivity index (χ1) is 11.7. The third-order valence-corrected chi connectivity index (χ3v) is 4.18. The summed E-state index contributed by atoms with van der Waals surface area (Å²) in [6.45, 7) is 0.194. The van der Waals surface area contributed by atoms with Crippen molar-refractivity contribution >= 4 is 23.4 Å². The second kappa shape index (κ2) is 7.86. The summed E-state index contributed by atoms with van der Waals surface area (Å²) in [4.78, 5) is 0. The van der Waals surface area contributed by atoms with Crippen LogP contribution < -0.4 is 4.74 Å². The number of hydrogen-bond donors (Lipinski definition) is 0. The lowest BCUT2D eigenvalue weighted by molar-refractivity contribution is 0.252. The first-order valence-electron chi connectivity index (χ1n) is 7.05. The number of halogens is 1. The highest BCUT2D eigenvalue weighted by molar-refractivity contribution is 7.98. The van der Waals surface area contributed by atoms with Gasteiger partial charge in [-0.15, -0.1) is 10.2 Å². The molecule has 1 heterocycles. The van der Waals surface area contributed by atoms with Gasteiger partial charge in [0.2, 0.25) is 0 Å². The van der Waals surface area contributed by atoms with Gasteiger partial charge in [0, 0.05) is 10.8 Å². The molecule has 0 spiro atoms. The molecule has 5 nitrogen and oxygen atoms in total. The molecule has 3 aromatic rings. The summed E-state index contributed by atoms with van der Waals surface area (Å²) >= 11 is 7.23. The highest BCUT2D eigenvalue weighted by Gasteiger charge is 2.08. The third kappa shape index (κ3) is 4.51. The number of nitriles is 1. The normalized spacial score (nSPS) is 10.3. The molecule has 0 atom stereocenters. The number of nitrogens with zero attached hydrogens (tertiary/aromatic N) is 3. The van der Waals surface area contributed by atoms with Gasteiger partial charge in [-0.05, 0) is 42.0 Å². The molecular weight excluding hydrogens is 346 g/mol. The summed E-state index contributed by atoms with van der Waals surface area (Å²) in [5.74, 6) is 1.73. The minimum atomic E-state index is 0.194. The van der Waals surface area contributed by atoms with Gasteiger partial charge in [0.1, 0.15) is 5.75 Å². The van der Waals surface area contributed by atoms with E-state index in [9.17, 15) is 0 Å². The van der Waals surface area contributed by atoms with Crippen molar-refractivity contribution in [1.29, 1.82) is 5.26 Å². The number of thioether (sulfide) groups is 1. The molecule has 7 heteroatoms. The standard InChI is InChI=1S/C17H12ClN3O2S/c18-14-4-6-15(7-5-14)22-10-16-20-21-17(23-16)24-11-13-3-1-2-12(8-13)9-19/h1-8H,10-11H2. The van der Waals surface area contributed by atoms with Gasteiger partial charge in [0.15, 0.2) is 6.61 Å². The van der Waals surface area contributed by atoms with Crippen molar-refractivity contribution in [1.82, 2.24) is 10.2 Å². The van der Waals surface area contributed by atoms with Crippen LogP contribution in [0.2, 0.25) is 5.02 Å². The van der Waals surface area contributed by atoms with Crippen molar-refractivity contribution in [3.8, 4) is 11.8 Å². The summed E-state index contributed by atoms with van der Waals surface area (Å²) in [6, 6.07) is 16.6. The van der Waals surface area contributed by atoms with Crippen molar-refractivity contribution in [2.24, 2.45) is 0 Å². The molecule has 0 fully saturated rings. The Balaban J connectivity index is 1.53. The number of hydrogen-bond acceptors (Lipinski definition) is 6. The average molecular weight is 358 g/mol. The quantitative estimate of drug-likeness (QED) is 0.606. The molecule has 0 amide bonds. The predicted molar refractivity (Wildman–Crippen MR) is 90.8 cm³/mol. The zero-order valence-corrected chi connectivity index (χ0v) is 14.0. The Labute approximate surface area is 148 Å². The molecule has 3 rings (SSSR count). The van der Waals surface area contributed by atoms with Crippen LogP contribution in [-0.2, 0) is 12.4 Å². The molecule has 1 aromatic heterocycles. The maximum atomic E-state index is 8.90. The van der Waals surface area contributed by atoms with E-state index in [1.54, 1.807) is 30.3 Å². The van der Waals surface area contributed by atoms with E-state index in [0.29, 0.717) is 33.2 Å². The van der Waals surface area contributed by atoms with E-state index in [1.165, 1.54) is 11.8 Å². The van der Waals surface area contributed by atoms with Gasteiger partial charge in [-0.25, -0.2) is 0 Å². The number of rotatable bonds is 6. The van der Waals surface area contributed by atoms with Crippen molar-refractivity contribution in [3.63, 3.8) is 0 Å². The first-order valence-corrected chi connectivity index (χ1v) is 8.42. The molecule has 0 saturated heterocycles. The average Bonchev–Trinajstić information content (AvgIpc) is 3.08. The van der Waals surface area contributed by atoms with E-state index in [2.05, 4.69) is 16.3 Å². The third-order valence-electron chi connectivity index (χ3n) is 3.04. The van der Waals surface area contributed by atoms with E-state index in [1.807, 2.05) is 18.2 Å². The molecule has 0 N–H and O–H groups in total. The molecule has 0 unspecified atom stereocenters. The molecule has 0 aliphatic rings. The summed E-state index contributed by atoms with van der Waals surface area (Å²) in [5.41, 5.74) is 1.66. The Morgan fingerprint density at radius 2 is 2.00 bits per heavy atom. The van der Waals surface area contributed by atoms with E-state index in [4.69, 9.17) is 26.0 Å². The lowest BCUT2D eigenvalue weighted by atomic mass is 10.2. The van der Waals surface area contributed by atoms with E-state index < -0.39 is 0 Å². The summed E-state index contributed by atoms with van der Waals surface area (Å²) in [5, 5.41) is 18.0. The predicted octanol–water partition coefficient (Wildman–Crippen LogP) is 4.47. The molecule has 0 aliphatic carbocycles. The van der Waals surface area contributed by atoms with Crippen LogP contribution >= 0.6 is 23.4 Å². The minimum absolute atomic E-state index is 0.194. The number of aromatic nitrogens is 2. The zero-order chi connectivity index (χ0) is 16.8. The lowest BCUT2D eigenvalue weighted by Crippen LogP contribution is -1.95. The first kappa shape index (κ1) is 16.4. The fourth-order valence-corrected chi connectivity index (χ4v) is 2.76. The van der Waals surface area contributed by atoms with Crippen LogP contribution in [0.5, 0.6) is 5.75 Å². The summed E-state index contributed by atoms with van der Waals surface area (Å²) < 4.78 is 11.1. The van der Waals surface area contributed by atoms with Crippen LogP contribution in [0.25, 0.3) is 0 Å². The maximum absolute atomic E-state index is 8.90. The van der Waals surface area contributed by atoms with Gasteiger partial charge < -0.3 is 9.15 Å². The van der Waals surface area contributed by atoms with E-state index in [0.717, 1.165) is 5.56 Å². The zero-order valence-electron chi connectivity index (χ0n) is 12.5. The van der Waals surface area contributed by atoms with Gasteiger partial charge in [0.25, 0.3) is 11.1 Å². The largest absolute Gasteiger partial charge is 0.484 e. The Bertz CT molecular complexity index is 859. The molecule has 24 heavy (non-hydrogen) atoms. The van der Waals surface area contributed by atoms with Gasteiger partial charge in [-0.1, -0.05) is 35.5 Å². The molecule has 2 aromatic carbocycles. The molecule has 0 bridgehead atoms. The van der Waals surface area contributed by atoms with E-state index in [-0.39, 0.29) is 6.61 Å². The van der Waals surface area contributed by atoms with Crippen molar-refractivity contribution in [2.45, 2.75) is 17.6 Å². The monoisotopic (exact) mass is 357 g/mol. The second-order valence-electron chi connectivity index (χ2n) is 4.81. The number of ether oxygens (including phenoxy) is 1. The van der Waals surface area contributed by atoms with Gasteiger partial charge in [0.05, 0.1) is 11.6 Å². The molecule has 120 valence electrons. The highest BCUT2D eigenvalue weighted by Crippen LogP contribution is 2.22.